The highest BCUT2D eigenvalue weighted by Gasteiger charge is 2.36. The van der Waals surface area contributed by atoms with Crippen molar-refractivity contribution in [2.24, 2.45) is 5.92 Å². The smallest absolute Gasteiger partial charge is 0.227 e. The number of hydrogen-bond acceptors (Lipinski definition) is 3. The molecule has 1 heterocycles. The summed E-state index contributed by atoms with van der Waals surface area (Å²) in [4.78, 5) is 26.4. The average molecular weight is 338 g/mol. The van der Waals surface area contributed by atoms with Gasteiger partial charge in [0.2, 0.25) is 11.8 Å². The summed E-state index contributed by atoms with van der Waals surface area (Å²) >= 11 is 0. The number of rotatable bonds is 5. The molecule has 0 aliphatic carbocycles. The van der Waals surface area contributed by atoms with E-state index >= 15 is 0 Å². The lowest BCUT2D eigenvalue weighted by Crippen LogP contribution is -2.32. The highest BCUT2D eigenvalue weighted by atomic mass is 16.5. The molecule has 1 aliphatic rings. The molecular formula is C20H22N2O3. The molecular weight excluding hydrogens is 316 g/mol. The highest BCUT2D eigenvalue weighted by molar-refractivity contribution is 6.01. The molecule has 130 valence electrons. The fraction of sp³-hybridized carbons (Fsp3) is 0.300. The lowest BCUT2D eigenvalue weighted by Gasteiger charge is -2.19. The van der Waals surface area contributed by atoms with Gasteiger partial charge in [-0.05, 0) is 24.6 Å². The Morgan fingerprint density at radius 1 is 1.20 bits per heavy atom. The van der Waals surface area contributed by atoms with E-state index in [9.17, 15) is 9.59 Å². The summed E-state index contributed by atoms with van der Waals surface area (Å²) in [5.41, 5.74) is 2.94. The second-order valence-electron chi connectivity index (χ2n) is 6.28. The number of hydrogen-bond donors (Lipinski definition) is 1. The Morgan fingerprint density at radius 3 is 2.64 bits per heavy atom. The summed E-state index contributed by atoms with van der Waals surface area (Å²) in [6.07, 6.45) is 0.220. The lowest BCUT2D eigenvalue weighted by molar-refractivity contribution is -0.126. The average Bonchev–Trinajstić information content (AvgIpc) is 3.02. The molecule has 1 N–H and O–H groups in total. The number of carbonyl (C=O) groups excluding carboxylic acids is 2. The first-order chi connectivity index (χ1) is 12.1. The molecule has 5 nitrogen and oxygen atoms in total. The molecule has 25 heavy (non-hydrogen) atoms. The fourth-order valence-electron chi connectivity index (χ4n) is 3.01. The maximum absolute atomic E-state index is 12.4. The molecule has 3 rings (SSSR count). The lowest BCUT2D eigenvalue weighted by atomic mass is 10.1. The van der Waals surface area contributed by atoms with Gasteiger partial charge in [0.25, 0.3) is 0 Å². The van der Waals surface area contributed by atoms with Gasteiger partial charge in [-0.15, -0.1) is 0 Å². The molecule has 1 atom stereocenters. The zero-order valence-corrected chi connectivity index (χ0v) is 14.5. The van der Waals surface area contributed by atoms with Crippen LogP contribution in [0.2, 0.25) is 0 Å². The molecule has 2 amide bonds. The van der Waals surface area contributed by atoms with E-state index in [0.29, 0.717) is 24.5 Å². The van der Waals surface area contributed by atoms with Gasteiger partial charge in [0.1, 0.15) is 5.75 Å². The molecule has 0 saturated carbocycles. The van der Waals surface area contributed by atoms with E-state index in [-0.39, 0.29) is 24.2 Å². The van der Waals surface area contributed by atoms with Crippen molar-refractivity contribution in [3.8, 4) is 5.75 Å². The minimum Gasteiger partial charge on any atom is -0.495 e. The Hall–Kier alpha value is -2.82. The number of benzene rings is 2. The van der Waals surface area contributed by atoms with E-state index in [0.717, 1.165) is 5.56 Å². The molecule has 0 radical (unpaired) electrons. The zero-order valence-electron chi connectivity index (χ0n) is 14.5. The van der Waals surface area contributed by atoms with Gasteiger partial charge in [-0.3, -0.25) is 9.59 Å². The summed E-state index contributed by atoms with van der Waals surface area (Å²) in [5, 5.41) is 2.93. The van der Waals surface area contributed by atoms with E-state index in [2.05, 4.69) is 5.32 Å². The maximum atomic E-state index is 12.4. The third-order valence-electron chi connectivity index (χ3n) is 4.46. The van der Waals surface area contributed by atoms with Gasteiger partial charge < -0.3 is 15.0 Å². The van der Waals surface area contributed by atoms with Crippen molar-refractivity contribution in [1.29, 1.82) is 0 Å². The Labute approximate surface area is 147 Å². The largest absolute Gasteiger partial charge is 0.495 e. The normalized spacial score (nSPS) is 16.8. The van der Waals surface area contributed by atoms with Crippen LogP contribution in [-0.2, 0) is 16.1 Å². The van der Waals surface area contributed by atoms with Gasteiger partial charge in [0.05, 0.1) is 18.7 Å². The van der Waals surface area contributed by atoms with Gasteiger partial charge in [-0.25, -0.2) is 0 Å². The van der Waals surface area contributed by atoms with E-state index in [1.54, 1.807) is 12.0 Å². The van der Waals surface area contributed by atoms with Crippen LogP contribution >= 0.6 is 0 Å². The third-order valence-corrected chi connectivity index (χ3v) is 4.46. The Kier molecular flexibility index (Phi) is 5.03. The number of para-hydroxylation sites is 2. The highest BCUT2D eigenvalue weighted by Crippen LogP contribution is 2.32. The predicted octanol–water partition coefficient (Wildman–Crippen LogP) is 2.67. The Bertz CT molecular complexity index is 771. The number of aryl methyl sites for hydroxylation is 1. The van der Waals surface area contributed by atoms with Crippen molar-refractivity contribution in [3.05, 3.63) is 59.7 Å². The first-order valence-electron chi connectivity index (χ1n) is 8.35. The van der Waals surface area contributed by atoms with Crippen molar-refractivity contribution in [1.82, 2.24) is 5.32 Å². The number of anilines is 1. The summed E-state index contributed by atoms with van der Waals surface area (Å²) in [6.45, 7) is 2.87. The van der Waals surface area contributed by atoms with Crippen LogP contribution < -0.4 is 15.0 Å². The minimum atomic E-state index is -0.345. The summed E-state index contributed by atoms with van der Waals surface area (Å²) in [6, 6.07) is 15.4. The van der Waals surface area contributed by atoms with Crippen LogP contribution in [0.5, 0.6) is 5.75 Å². The molecule has 0 aromatic heterocycles. The number of nitrogens with one attached hydrogen (secondary N) is 1. The van der Waals surface area contributed by atoms with Crippen molar-refractivity contribution >= 4 is 17.5 Å². The second-order valence-corrected chi connectivity index (χ2v) is 6.28. The first kappa shape index (κ1) is 17.0. The molecule has 1 aliphatic heterocycles. The van der Waals surface area contributed by atoms with Crippen LogP contribution in [0, 0.1) is 12.8 Å². The van der Waals surface area contributed by atoms with E-state index in [1.165, 1.54) is 5.56 Å². The molecule has 0 bridgehead atoms. The van der Waals surface area contributed by atoms with Gasteiger partial charge in [0.15, 0.2) is 0 Å². The van der Waals surface area contributed by atoms with Gasteiger partial charge in [-0.2, -0.15) is 0 Å². The minimum absolute atomic E-state index is 0.0556. The Morgan fingerprint density at radius 2 is 1.92 bits per heavy atom. The number of ether oxygens (including phenoxy) is 1. The van der Waals surface area contributed by atoms with Gasteiger partial charge in [0, 0.05) is 19.5 Å². The number of amides is 2. The second kappa shape index (κ2) is 7.38. The number of carbonyl (C=O) groups is 2. The van der Waals surface area contributed by atoms with Crippen LogP contribution in [0.3, 0.4) is 0 Å². The van der Waals surface area contributed by atoms with Crippen LogP contribution in [0.25, 0.3) is 0 Å². The van der Waals surface area contributed by atoms with Crippen molar-refractivity contribution < 1.29 is 14.3 Å². The summed E-state index contributed by atoms with van der Waals surface area (Å²) in [5.74, 6) is 0.144. The van der Waals surface area contributed by atoms with E-state index in [1.807, 2.05) is 55.5 Å². The molecule has 2 aromatic carbocycles. The SMILES string of the molecule is COc1ccccc1N1CC(C(=O)NCc2ccc(C)cc2)CC1=O. The molecule has 2 aromatic rings. The van der Waals surface area contributed by atoms with Crippen molar-refractivity contribution in [3.63, 3.8) is 0 Å². The van der Waals surface area contributed by atoms with Gasteiger partial charge >= 0.3 is 0 Å². The quantitative estimate of drug-likeness (QED) is 0.912. The number of methoxy groups -OCH3 is 1. The van der Waals surface area contributed by atoms with Crippen LogP contribution in [0.15, 0.2) is 48.5 Å². The molecule has 5 heteroatoms. The zero-order chi connectivity index (χ0) is 17.8. The van der Waals surface area contributed by atoms with E-state index < -0.39 is 0 Å². The molecule has 1 saturated heterocycles. The van der Waals surface area contributed by atoms with E-state index in [4.69, 9.17) is 4.74 Å². The molecule has 1 unspecified atom stereocenters. The van der Waals surface area contributed by atoms with Crippen molar-refractivity contribution in [2.45, 2.75) is 19.9 Å². The van der Waals surface area contributed by atoms with Crippen molar-refractivity contribution in [2.75, 3.05) is 18.6 Å². The topological polar surface area (TPSA) is 58.6 Å². The van der Waals surface area contributed by atoms with Crippen LogP contribution in [0.4, 0.5) is 5.69 Å². The fourth-order valence-corrected chi connectivity index (χ4v) is 3.01. The molecule has 0 spiro atoms. The standard InChI is InChI=1S/C20H22N2O3/c1-14-7-9-15(10-8-14)12-21-20(24)16-11-19(23)22(13-16)17-5-3-4-6-18(17)25-2/h3-10,16H,11-13H2,1-2H3,(H,21,24). The maximum Gasteiger partial charge on any atom is 0.227 e. The van der Waals surface area contributed by atoms with Crippen LogP contribution in [-0.4, -0.2) is 25.5 Å². The first-order valence-corrected chi connectivity index (χ1v) is 8.35. The summed E-state index contributed by atoms with van der Waals surface area (Å²) in [7, 11) is 1.57. The monoisotopic (exact) mass is 338 g/mol. The predicted molar refractivity (Wildman–Crippen MR) is 96.5 cm³/mol. The van der Waals surface area contributed by atoms with Gasteiger partial charge in [-0.1, -0.05) is 42.0 Å². The Balaban J connectivity index is 1.63. The molecule has 1 fully saturated rings. The summed E-state index contributed by atoms with van der Waals surface area (Å²) < 4.78 is 5.32. The third kappa shape index (κ3) is 3.82. The number of nitrogens with zero attached hydrogens (tertiary/aromatic N) is 1. The van der Waals surface area contributed by atoms with Crippen LogP contribution in [0.1, 0.15) is 17.5 Å².